The van der Waals surface area contributed by atoms with E-state index >= 15 is 0 Å². The zero-order chi connectivity index (χ0) is 17.3. The maximum Gasteiger partial charge on any atom is 0.435 e. The molecule has 0 fully saturated rings. The van der Waals surface area contributed by atoms with Gasteiger partial charge in [-0.15, -0.1) is 0 Å². The summed E-state index contributed by atoms with van der Waals surface area (Å²) < 4.78 is 67.2. The van der Waals surface area contributed by atoms with Crippen molar-refractivity contribution >= 4 is 9.84 Å². The molecule has 0 unspecified atom stereocenters. The van der Waals surface area contributed by atoms with Gasteiger partial charge in [-0.25, -0.2) is 13.4 Å². The Balaban J connectivity index is 2.57. The van der Waals surface area contributed by atoms with Crippen LogP contribution in [0.4, 0.5) is 13.2 Å². The van der Waals surface area contributed by atoms with Crippen LogP contribution in [0.15, 0.2) is 36.0 Å². The molecule has 0 aliphatic heterocycles. The summed E-state index contributed by atoms with van der Waals surface area (Å²) in [4.78, 5) is 7.45. The molecule has 0 aliphatic carbocycles. The summed E-state index contributed by atoms with van der Waals surface area (Å²) in [5.74, 6) is -0.648. The Kier molecular flexibility index (Phi) is 4.41. The van der Waals surface area contributed by atoms with Crippen LogP contribution in [0.1, 0.15) is 5.69 Å². The van der Waals surface area contributed by atoms with Crippen LogP contribution in [0.5, 0.6) is 5.88 Å². The third-order valence-electron chi connectivity index (χ3n) is 2.50. The Morgan fingerprint density at radius 2 is 2.13 bits per heavy atom. The standard InChI is InChI=1S/C12H11F3N4O3S/c1-3-6-22-10-7-8(12(13,14)15)18-19(10)11-16-5-4-9(17-11)23(2,20)21/h3-5,7H,1,6H2,2H3. The van der Waals surface area contributed by atoms with Crippen molar-refractivity contribution in [2.45, 2.75) is 11.2 Å². The number of rotatable bonds is 5. The zero-order valence-corrected chi connectivity index (χ0v) is 12.6. The molecule has 0 N–H and O–H groups in total. The van der Waals surface area contributed by atoms with Crippen molar-refractivity contribution < 1.29 is 26.3 Å². The Bertz CT molecular complexity index is 830. The highest BCUT2D eigenvalue weighted by Crippen LogP contribution is 2.31. The first-order chi connectivity index (χ1) is 10.6. The molecule has 2 heterocycles. The molecule has 2 rings (SSSR count). The van der Waals surface area contributed by atoms with Crippen molar-refractivity contribution in [3.8, 4) is 11.8 Å². The third-order valence-corrected chi connectivity index (χ3v) is 3.49. The summed E-state index contributed by atoms with van der Waals surface area (Å²) in [5.41, 5.74) is -1.22. The normalized spacial score (nSPS) is 12.2. The van der Waals surface area contributed by atoms with Crippen LogP contribution in [0.25, 0.3) is 5.95 Å². The predicted octanol–water partition coefficient (Wildman–Crippen LogP) is 1.65. The molecular formula is C12H11F3N4O3S. The van der Waals surface area contributed by atoms with Crippen LogP contribution in [0.3, 0.4) is 0 Å². The fourth-order valence-corrected chi connectivity index (χ4v) is 2.09. The van der Waals surface area contributed by atoms with Crippen molar-refractivity contribution in [1.29, 1.82) is 0 Å². The highest BCUT2D eigenvalue weighted by molar-refractivity contribution is 7.90. The molecule has 0 aliphatic rings. The van der Waals surface area contributed by atoms with Gasteiger partial charge in [0.2, 0.25) is 5.88 Å². The second kappa shape index (κ2) is 5.99. The SMILES string of the molecule is C=CCOc1cc(C(F)(F)F)nn1-c1nccc(S(C)(=O)=O)n1. The van der Waals surface area contributed by atoms with Gasteiger partial charge in [-0.2, -0.15) is 27.9 Å². The molecule has 0 radical (unpaired) electrons. The molecule has 0 atom stereocenters. The van der Waals surface area contributed by atoms with Gasteiger partial charge < -0.3 is 4.74 Å². The summed E-state index contributed by atoms with van der Waals surface area (Å²) in [6, 6.07) is 1.79. The van der Waals surface area contributed by atoms with Gasteiger partial charge in [0, 0.05) is 18.5 Å². The second-order valence-electron chi connectivity index (χ2n) is 4.34. The average Bonchev–Trinajstić information content (AvgIpc) is 2.88. The van der Waals surface area contributed by atoms with E-state index in [0.29, 0.717) is 10.7 Å². The first kappa shape index (κ1) is 16.9. The molecule has 124 valence electrons. The smallest absolute Gasteiger partial charge is 0.435 e. The number of ether oxygens (including phenoxy) is 1. The molecule has 2 aromatic heterocycles. The number of halogens is 3. The van der Waals surface area contributed by atoms with E-state index in [1.807, 2.05) is 0 Å². The minimum atomic E-state index is -4.70. The van der Waals surface area contributed by atoms with Crippen molar-refractivity contribution in [3.05, 3.63) is 36.7 Å². The van der Waals surface area contributed by atoms with E-state index in [1.165, 1.54) is 6.08 Å². The quantitative estimate of drug-likeness (QED) is 0.603. The number of hydrogen-bond donors (Lipinski definition) is 0. The van der Waals surface area contributed by atoms with Crippen LogP contribution in [0.2, 0.25) is 0 Å². The van der Waals surface area contributed by atoms with Crippen LogP contribution in [-0.2, 0) is 16.0 Å². The topological polar surface area (TPSA) is 87.0 Å². The first-order valence-electron chi connectivity index (χ1n) is 6.07. The Labute approximate surface area is 129 Å². The van der Waals surface area contributed by atoms with Crippen molar-refractivity contribution in [1.82, 2.24) is 19.7 Å². The minimum absolute atomic E-state index is 0.0746. The number of nitrogens with zero attached hydrogens (tertiary/aromatic N) is 4. The summed E-state index contributed by atoms with van der Waals surface area (Å²) in [6.45, 7) is 3.32. The maximum absolute atomic E-state index is 12.8. The molecule has 0 saturated heterocycles. The van der Waals surface area contributed by atoms with E-state index in [1.54, 1.807) is 0 Å². The zero-order valence-electron chi connectivity index (χ0n) is 11.8. The monoisotopic (exact) mass is 348 g/mol. The molecule has 7 nitrogen and oxygen atoms in total. The van der Waals surface area contributed by atoms with Crippen molar-refractivity contribution in [3.63, 3.8) is 0 Å². The predicted molar refractivity (Wildman–Crippen MR) is 73.0 cm³/mol. The Hall–Kier alpha value is -2.43. The lowest BCUT2D eigenvalue weighted by Gasteiger charge is -2.06. The minimum Gasteiger partial charge on any atom is -0.473 e. The van der Waals surface area contributed by atoms with Gasteiger partial charge >= 0.3 is 6.18 Å². The van der Waals surface area contributed by atoms with Gasteiger partial charge in [0.25, 0.3) is 5.95 Å². The van der Waals surface area contributed by atoms with Gasteiger partial charge in [0.1, 0.15) is 6.61 Å². The van der Waals surface area contributed by atoms with Crippen molar-refractivity contribution in [2.24, 2.45) is 0 Å². The van der Waals surface area contributed by atoms with Crippen LogP contribution >= 0.6 is 0 Å². The fraction of sp³-hybridized carbons (Fsp3) is 0.250. The molecule has 0 aromatic carbocycles. The lowest BCUT2D eigenvalue weighted by Crippen LogP contribution is -2.11. The summed E-state index contributed by atoms with van der Waals surface area (Å²) in [6.07, 6.45) is -1.35. The van der Waals surface area contributed by atoms with Gasteiger partial charge in [0.15, 0.2) is 20.6 Å². The summed E-state index contributed by atoms with van der Waals surface area (Å²) >= 11 is 0. The van der Waals surface area contributed by atoms with Crippen LogP contribution < -0.4 is 4.74 Å². The number of hydrogen-bond acceptors (Lipinski definition) is 6. The van der Waals surface area contributed by atoms with E-state index in [9.17, 15) is 21.6 Å². The van der Waals surface area contributed by atoms with Crippen LogP contribution in [0, 0.1) is 0 Å². The Morgan fingerprint density at radius 3 is 2.70 bits per heavy atom. The van der Waals surface area contributed by atoms with Gasteiger partial charge in [0.05, 0.1) is 0 Å². The first-order valence-corrected chi connectivity index (χ1v) is 7.96. The molecule has 0 bridgehead atoms. The van der Waals surface area contributed by atoms with Crippen LogP contribution in [-0.4, -0.2) is 41.0 Å². The number of sulfone groups is 1. The van der Waals surface area contributed by atoms with Gasteiger partial charge in [-0.3, -0.25) is 0 Å². The molecular weight excluding hydrogens is 337 g/mol. The van der Waals surface area contributed by atoms with E-state index in [2.05, 4.69) is 21.6 Å². The highest BCUT2D eigenvalue weighted by Gasteiger charge is 2.36. The fourth-order valence-electron chi connectivity index (χ4n) is 1.53. The average molecular weight is 348 g/mol. The Morgan fingerprint density at radius 1 is 1.43 bits per heavy atom. The lowest BCUT2D eigenvalue weighted by atomic mass is 10.4. The summed E-state index contributed by atoms with van der Waals surface area (Å²) in [7, 11) is -3.66. The molecule has 0 saturated carbocycles. The van der Waals surface area contributed by atoms with E-state index < -0.39 is 21.7 Å². The molecule has 11 heteroatoms. The van der Waals surface area contributed by atoms with E-state index in [4.69, 9.17) is 4.74 Å². The van der Waals surface area contributed by atoms with Crippen molar-refractivity contribution in [2.75, 3.05) is 12.9 Å². The lowest BCUT2D eigenvalue weighted by molar-refractivity contribution is -0.141. The number of alkyl halides is 3. The molecule has 0 amide bonds. The van der Waals surface area contributed by atoms with Gasteiger partial charge in [-0.1, -0.05) is 12.7 Å². The second-order valence-corrected chi connectivity index (χ2v) is 6.31. The van der Waals surface area contributed by atoms with E-state index in [-0.39, 0.29) is 23.5 Å². The molecule has 0 spiro atoms. The third kappa shape index (κ3) is 3.86. The molecule has 2 aromatic rings. The highest BCUT2D eigenvalue weighted by atomic mass is 32.2. The largest absolute Gasteiger partial charge is 0.473 e. The number of aromatic nitrogens is 4. The van der Waals surface area contributed by atoms with Gasteiger partial charge in [-0.05, 0) is 6.07 Å². The molecule has 23 heavy (non-hydrogen) atoms. The maximum atomic E-state index is 12.8. The summed E-state index contributed by atoms with van der Waals surface area (Å²) in [5, 5.41) is 2.99. The van der Waals surface area contributed by atoms with E-state index in [0.717, 1.165) is 18.5 Å².